The number of carboxylic acid groups (broad SMARTS) is 1. The van der Waals surface area contributed by atoms with Gasteiger partial charge in [-0.25, -0.2) is 9.48 Å². The van der Waals surface area contributed by atoms with Crippen molar-refractivity contribution in [2.45, 2.75) is 12.8 Å². The zero-order valence-corrected chi connectivity index (χ0v) is 15.2. The van der Waals surface area contributed by atoms with Crippen molar-refractivity contribution < 1.29 is 19.4 Å². The Morgan fingerprint density at radius 1 is 1.11 bits per heavy atom. The second-order valence-electron chi connectivity index (χ2n) is 6.68. The Hall–Kier alpha value is -3.54. The molecule has 1 fully saturated rings. The van der Waals surface area contributed by atoms with Crippen molar-refractivity contribution in [2.75, 3.05) is 6.61 Å². The van der Waals surface area contributed by atoms with Gasteiger partial charge in [-0.3, -0.25) is 0 Å². The third kappa shape index (κ3) is 4.79. The fourth-order valence-corrected chi connectivity index (χ4v) is 2.66. The predicted octanol–water partition coefficient (Wildman–Crippen LogP) is 4.55. The summed E-state index contributed by atoms with van der Waals surface area (Å²) in [7, 11) is 0. The van der Waals surface area contributed by atoms with Gasteiger partial charge in [0.05, 0.1) is 18.0 Å². The lowest BCUT2D eigenvalue weighted by molar-refractivity contribution is -0.131. The fraction of sp³-hybridized carbons (Fsp3) is 0.182. The third-order valence-corrected chi connectivity index (χ3v) is 4.33. The first-order chi connectivity index (χ1) is 13.7. The first-order valence-corrected chi connectivity index (χ1v) is 9.13. The molecule has 142 valence electrons. The summed E-state index contributed by atoms with van der Waals surface area (Å²) < 4.78 is 13.4. The van der Waals surface area contributed by atoms with Crippen molar-refractivity contribution in [3.63, 3.8) is 0 Å². The fourth-order valence-electron chi connectivity index (χ4n) is 2.66. The lowest BCUT2D eigenvalue weighted by atomic mass is 10.3. The summed E-state index contributed by atoms with van der Waals surface area (Å²) in [5.41, 5.74) is 1.43. The summed E-state index contributed by atoms with van der Waals surface area (Å²) in [6, 6.07) is 16.9. The first kappa shape index (κ1) is 17.9. The molecule has 0 amide bonds. The Kier molecular flexibility index (Phi) is 5.10. The van der Waals surface area contributed by atoms with Crippen molar-refractivity contribution in [2.24, 2.45) is 5.92 Å². The van der Waals surface area contributed by atoms with Crippen LogP contribution in [0, 0.1) is 5.92 Å². The number of aliphatic carboxylic acids is 1. The highest BCUT2D eigenvalue weighted by atomic mass is 16.5. The Balaban J connectivity index is 1.40. The summed E-state index contributed by atoms with van der Waals surface area (Å²) in [5.74, 6) is 1.96. The second kappa shape index (κ2) is 8.00. The zero-order chi connectivity index (χ0) is 19.3. The van der Waals surface area contributed by atoms with Crippen LogP contribution in [0.15, 0.2) is 66.9 Å². The predicted molar refractivity (Wildman–Crippen MR) is 105 cm³/mol. The molecule has 3 aromatic rings. The van der Waals surface area contributed by atoms with Crippen LogP contribution >= 0.6 is 0 Å². The molecule has 1 aliphatic carbocycles. The minimum atomic E-state index is -1.00. The molecule has 4 rings (SSSR count). The van der Waals surface area contributed by atoms with Crippen LogP contribution in [-0.2, 0) is 4.79 Å². The van der Waals surface area contributed by atoms with Crippen LogP contribution in [0.3, 0.4) is 0 Å². The number of hydrogen-bond donors (Lipinski definition) is 1. The standard InChI is InChI=1S/C22H20N2O4/c25-22(26)11-6-17-12-13-24(23-17)18-7-9-19(10-8-18)28-21-3-1-2-20(14-21)27-15-16-4-5-16/h1-3,6-14,16H,4-5,15H2,(H,25,26)/b11-6+. The Morgan fingerprint density at radius 2 is 1.89 bits per heavy atom. The zero-order valence-electron chi connectivity index (χ0n) is 15.2. The molecule has 28 heavy (non-hydrogen) atoms. The molecule has 1 saturated carbocycles. The third-order valence-electron chi connectivity index (χ3n) is 4.33. The number of ether oxygens (including phenoxy) is 2. The molecule has 0 radical (unpaired) electrons. The molecule has 0 saturated heterocycles. The van der Waals surface area contributed by atoms with Crippen LogP contribution in [-0.4, -0.2) is 27.5 Å². The number of hydrogen-bond acceptors (Lipinski definition) is 4. The van der Waals surface area contributed by atoms with Crippen LogP contribution < -0.4 is 9.47 Å². The minimum absolute atomic E-state index is 0.575. The van der Waals surface area contributed by atoms with E-state index in [1.54, 1.807) is 16.9 Å². The van der Waals surface area contributed by atoms with Crippen LogP contribution in [0.1, 0.15) is 18.5 Å². The largest absolute Gasteiger partial charge is 0.493 e. The van der Waals surface area contributed by atoms with E-state index >= 15 is 0 Å². The van der Waals surface area contributed by atoms with Gasteiger partial charge in [0.25, 0.3) is 0 Å². The van der Waals surface area contributed by atoms with Gasteiger partial charge in [-0.1, -0.05) is 6.07 Å². The minimum Gasteiger partial charge on any atom is -0.493 e. The molecule has 1 aromatic heterocycles. The molecular weight excluding hydrogens is 356 g/mol. The molecule has 0 unspecified atom stereocenters. The van der Waals surface area contributed by atoms with E-state index in [1.165, 1.54) is 18.9 Å². The van der Waals surface area contributed by atoms with Gasteiger partial charge in [0.2, 0.25) is 0 Å². The number of carboxylic acids is 1. The van der Waals surface area contributed by atoms with Gasteiger partial charge in [-0.2, -0.15) is 5.10 Å². The quantitative estimate of drug-likeness (QED) is 0.584. The highest BCUT2D eigenvalue weighted by molar-refractivity contribution is 5.84. The Bertz CT molecular complexity index is 988. The van der Waals surface area contributed by atoms with E-state index < -0.39 is 5.97 Å². The highest BCUT2D eigenvalue weighted by Crippen LogP contribution is 2.31. The monoisotopic (exact) mass is 376 g/mol. The topological polar surface area (TPSA) is 73.6 Å². The normalized spacial score (nSPS) is 13.6. The van der Waals surface area contributed by atoms with Crippen LogP contribution in [0.25, 0.3) is 11.8 Å². The van der Waals surface area contributed by atoms with E-state index in [2.05, 4.69) is 5.10 Å². The van der Waals surface area contributed by atoms with Gasteiger partial charge in [0, 0.05) is 18.3 Å². The summed E-state index contributed by atoms with van der Waals surface area (Å²) in [6.45, 7) is 0.770. The first-order valence-electron chi connectivity index (χ1n) is 9.13. The van der Waals surface area contributed by atoms with E-state index in [-0.39, 0.29) is 0 Å². The second-order valence-corrected chi connectivity index (χ2v) is 6.68. The van der Waals surface area contributed by atoms with Crippen LogP contribution in [0.2, 0.25) is 0 Å². The van der Waals surface area contributed by atoms with Crippen LogP contribution in [0.5, 0.6) is 17.2 Å². The van der Waals surface area contributed by atoms with Crippen molar-refractivity contribution in [3.8, 4) is 22.9 Å². The molecule has 1 heterocycles. The van der Waals surface area contributed by atoms with Gasteiger partial charge in [0.15, 0.2) is 0 Å². The molecule has 1 N–H and O–H groups in total. The van der Waals surface area contributed by atoms with Crippen molar-refractivity contribution in [3.05, 3.63) is 72.6 Å². The molecule has 6 heteroatoms. The highest BCUT2D eigenvalue weighted by Gasteiger charge is 2.21. The van der Waals surface area contributed by atoms with Gasteiger partial charge >= 0.3 is 5.97 Å². The number of rotatable bonds is 8. The molecule has 1 aliphatic rings. The summed E-state index contributed by atoms with van der Waals surface area (Å²) in [4.78, 5) is 10.6. The maximum atomic E-state index is 10.6. The average Bonchev–Trinajstić information content (AvgIpc) is 3.41. The van der Waals surface area contributed by atoms with E-state index in [0.29, 0.717) is 17.4 Å². The molecule has 0 atom stereocenters. The maximum Gasteiger partial charge on any atom is 0.328 e. The van der Waals surface area contributed by atoms with E-state index in [1.807, 2.05) is 48.5 Å². The molecule has 0 spiro atoms. The number of benzene rings is 2. The van der Waals surface area contributed by atoms with Crippen LogP contribution in [0.4, 0.5) is 0 Å². The molecule has 0 aliphatic heterocycles. The van der Waals surface area contributed by atoms with Gasteiger partial charge in [0.1, 0.15) is 17.2 Å². The molecular formula is C22H20N2O4. The molecule has 2 aromatic carbocycles. The summed E-state index contributed by atoms with van der Waals surface area (Å²) >= 11 is 0. The van der Waals surface area contributed by atoms with Crippen molar-refractivity contribution in [1.82, 2.24) is 9.78 Å². The van der Waals surface area contributed by atoms with E-state index in [0.717, 1.165) is 29.9 Å². The van der Waals surface area contributed by atoms with Crippen molar-refractivity contribution >= 4 is 12.0 Å². The lowest BCUT2D eigenvalue weighted by Crippen LogP contribution is -1.98. The smallest absolute Gasteiger partial charge is 0.328 e. The summed E-state index contributed by atoms with van der Waals surface area (Å²) in [6.07, 6.45) is 6.81. The average molecular weight is 376 g/mol. The molecule has 6 nitrogen and oxygen atoms in total. The van der Waals surface area contributed by atoms with E-state index in [9.17, 15) is 4.79 Å². The number of nitrogens with zero attached hydrogens (tertiary/aromatic N) is 2. The van der Waals surface area contributed by atoms with Gasteiger partial charge in [-0.15, -0.1) is 0 Å². The summed E-state index contributed by atoms with van der Waals surface area (Å²) in [5, 5.41) is 13.0. The van der Waals surface area contributed by atoms with Crippen molar-refractivity contribution in [1.29, 1.82) is 0 Å². The van der Waals surface area contributed by atoms with Gasteiger partial charge < -0.3 is 14.6 Å². The Morgan fingerprint density at radius 3 is 2.64 bits per heavy atom. The Labute approximate surface area is 162 Å². The maximum absolute atomic E-state index is 10.6. The number of carbonyl (C=O) groups is 1. The number of aromatic nitrogens is 2. The van der Waals surface area contributed by atoms with Gasteiger partial charge in [-0.05, 0) is 67.3 Å². The lowest BCUT2D eigenvalue weighted by Gasteiger charge is -2.09. The molecule has 0 bridgehead atoms. The SMILES string of the molecule is O=C(O)/C=C/c1ccn(-c2ccc(Oc3cccc(OCC4CC4)c3)cc2)n1. The van der Waals surface area contributed by atoms with E-state index in [4.69, 9.17) is 14.6 Å².